The van der Waals surface area contributed by atoms with Crippen molar-refractivity contribution in [3.05, 3.63) is 45.3 Å². The second-order valence-corrected chi connectivity index (χ2v) is 8.02. The van der Waals surface area contributed by atoms with Crippen molar-refractivity contribution in [1.29, 1.82) is 0 Å². The Morgan fingerprint density at radius 3 is 2.37 bits per heavy atom. The third-order valence-electron chi connectivity index (χ3n) is 5.63. The number of fused-ring (bicyclic) bond motifs is 1. The molecule has 0 aliphatic heterocycles. The second kappa shape index (κ2) is 9.47. The Morgan fingerprint density at radius 1 is 1.11 bits per heavy atom. The number of carbonyl (C=O) groups excluding carboxylic acids is 3. The molecule has 0 fully saturated rings. The topological polar surface area (TPSA) is 129 Å². The lowest BCUT2D eigenvalue weighted by Crippen LogP contribution is -2.25. The van der Waals surface area contributed by atoms with Crippen LogP contribution in [0.3, 0.4) is 0 Å². The molecule has 1 unspecified atom stereocenters. The number of rotatable bonds is 7. The zero-order valence-corrected chi connectivity index (χ0v) is 20.0. The summed E-state index contributed by atoms with van der Waals surface area (Å²) in [6.07, 6.45) is -5.90. The highest BCUT2D eigenvalue weighted by atomic mass is 19.4. The first-order chi connectivity index (χ1) is 16.3. The van der Waals surface area contributed by atoms with Crippen LogP contribution < -0.4 is 0 Å². The van der Waals surface area contributed by atoms with E-state index in [-0.39, 0.29) is 29.9 Å². The summed E-state index contributed by atoms with van der Waals surface area (Å²) in [5.41, 5.74) is 2.50. The lowest BCUT2D eigenvalue weighted by atomic mass is 10.1. The number of aromatic nitrogens is 5. The summed E-state index contributed by atoms with van der Waals surface area (Å²) in [5, 5.41) is 3.47. The van der Waals surface area contributed by atoms with Gasteiger partial charge in [0.25, 0.3) is 11.6 Å². The molecule has 0 aliphatic carbocycles. The maximum Gasteiger partial charge on any atom is 0.453 e. The van der Waals surface area contributed by atoms with Gasteiger partial charge in [0.05, 0.1) is 18.4 Å². The van der Waals surface area contributed by atoms with Gasteiger partial charge in [-0.25, -0.2) is 14.3 Å². The van der Waals surface area contributed by atoms with Gasteiger partial charge in [-0.15, -0.1) is 5.10 Å². The number of H-pyrrole nitrogens is 1. The maximum absolute atomic E-state index is 12.9. The van der Waals surface area contributed by atoms with Gasteiger partial charge in [0.1, 0.15) is 0 Å². The predicted molar refractivity (Wildman–Crippen MR) is 115 cm³/mol. The molecule has 13 heteroatoms. The molecule has 10 nitrogen and oxygen atoms in total. The Labute approximate surface area is 197 Å². The number of Topliss-reactive ketones (excluding diaryl/α,β-unsaturated/α-hetero) is 1. The number of esters is 2. The predicted octanol–water partition coefficient (Wildman–Crippen LogP) is 3.24. The molecule has 3 rings (SSSR count). The summed E-state index contributed by atoms with van der Waals surface area (Å²) in [6, 6.07) is 0. The standard InChI is InChI=1S/C22H24F3N5O5/c1-9-16(19(33)34-6)11(3)26-17(9)18(32)13(5)35-15(31)8-7-14-10(2)27-21-28-20(22(23,24)25)29-30(21)12(14)4/h13,26H,7-8H2,1-6H3. The van der Waals surface area contributed by atoms with Crippen LogP contribution in [0.5, 0.6) is 0 Å². The molecule has 0 radical (unpaired) electrons. The molecule has 1 atom stereocenters. The Hall–Kier alpha value is -3.77. The molecule has 0 aliphatic rings. The zero-order valence-electron chi connectivity index (χ0n) is 20.0. The van der Waals surface area contributed by atoms with Crippen molar-refractivity contribution >= 4 is 23.5 Å². The number of methoxy groups -OCH3 is 1. The van der Waals surface area contributed by atoms with Crippen molar-refractivity contribution in [3.63, 3.8) is 0 Å². The Balaban J connectivity index is 1.71. The quantitative estimate of drug-likeness (QED) is 0.391. The van der Waals surface area contributed by atoms with E-state index in [9.17, 15) is 27.6 Å². The van der Waals surface area contributed by atoms with Crippen LogP contribution >= 0.6 is 0 Å². The van der Waals surface area contributed by atoms with E-state index in [0.717, 1.165) is 4.52 Å². The van der Waals surface area contributed by atoms with Crippen LogP contribution in [-0.2, 0) is 26.9 Å². The number of nitrogens with one attached hydrogen (secondary N) is 1. The highest BCUT2D eigenvalue weighted by molar-refractivity contribution is 6.03. The number of carbonyl (C=O) groups is 3. The van der Waals surface area contributed by atoms with Gasteiger partial charge in [-0.1, -0.05) is 0 Å². The van der Waals surface area contributed by atoms with E-state index in [0.29, 0.717) is 28.2 Å². The summed E-state index contributed by atoms with van der Waals surface area (Å²) in [5.74, 6) is -3.30. The molecular formula is C22H24F3N5O5. The molecule has 0 saturated carbocycles. The fourth-order valence-corrected chi connectivity index (χ4v) is 3.83. The number of aromatic amines is 1. The number of hydrogen-bond donors (Lipinski definition) is 1. The summed E-state index contributed by atoms with van der Waals surface area (Å²) >= 11 is 0. The van der Waals surface area contributed by atoms with Crippen LogP contribution in [0.2, 0.25) is 0 Å². The van der Waals surface area contributed by atoms with E-state index in [1.165, 1.54) is 14.0 Å². The van der Waals surface area contributed by atoms with Gasteiger partial charge < -0.3 is 14.5 Å². The number of ether oxygens (including phenoxy) is 2. The van der Waals surface area contributed by atoms with Crippen molar-refractivity contribution < 1.29 is 37.0 Å². The maximum atomic E-state index is 12.9. The molecule has 0 spiro atoms. The van der Waals surface area contributed by atoms with Crippen molar-refractivity contribution in [3.8, 4) is 0 Å². The normalized spacial score (nSPS) is 12.6. The van der Waals surface area contributed by atoms with Gasteiger partial charge in [-0.05, 0) is 52.2 Å². The molecule has 188 valence electrons. The molecule has 0 amide bonds. The first-order valence-electron chi connectivity index (χ1n) is 10.6. The average molecular weight is 495 g/mol. The lowest BCUT2D eigenvalue weighted by Gasteiger charge is -2.13. The van der Waals surface area contributed by atoms with Crippen LogP contribution in [0.25, 0.3) is 5.78 Å². The number of ketones is 1. The van der Waals surface area contributed by atoms with Crippen LogP contribution in [0.1, 0.15) is 68.2 Å². The first-order valence-corrected chi connectivity index (χ1v) is 10.6. The average Bonchev–Trinajstić information content (AvgIpc) is 3.33. The molecule has 0 saturated heterocycles. The van der Waals surface area contributed by atoms with E-state index in [4.69, 9.17) is 9.47 Å². The fraction of sp³-hybridized carbons (Fsp3) is 0.455. The number of hydrogen-bond acceptors (Lipinski definition) is 8. The molecule has 3 aromatic heterocycles. The SMILES string of the molecule is COC(=O)c1c(C)[nH]c(C(=O)C(C)OC(=O)CCc2c(C)nc3nc(C(F)(F)F)nn3c2C)c1C. The molecule has 3 heterocycles. The molecule has 0 bridgehead atoms. The smallest absolute Gasteiger partial charge is 0.453 e. The fourth-order valence-electron chi connectivity index (χ4n) is 3.83. The second-order valence-electron chi connectivity index (χ2n) is 8.02. The minimum Gasteiger partial charge on any atom is -0.465 e. The minimum atomic E-state index is -4.71. The van der Waals surface area contributed by atoms with Crippen molar-refractivity contribution in [1.82, 2.24) is 24.6 Å². The van der Waals surface area contributed by atoms with Gasteiger partial charge in [0.2, 0.25) is 5.78 Å². The Morgan fingerprint density at radius 2 is 1.77 bits per heavy atom. The van der Waals surface area contributed by atoms with Gasteiger partial charge in [-0.3, -0.25) is 9.59 Å². The lowest BCUT2D eigenvalue weighted by molar-refractivity contribution is -0.146. The highest BCUT2D eigenvalue weighted by Gasteiger charge is 2.37. The first kappa shape index (κ1) is 25.8. The van der Waals surface area contributed by atoms with Crippen LogP contribution in [-0.4, -0.2) is 55.5 Å². The summed E-state index contributed by atoms with van der Waals surface area (Å²) in [6.45, 7) is 7.76. The Bertz CT molecular complexity index is 1330. The van der Waals surface area contributed by atoms with E-state index in [1.807, 2.05) is 0 Å². The largest absolute Gasteiger partial charge is 0.465 e. The third kappa shape index (κ3) is 5.03. The van der Waals surface area contributed by atoms with E-state index in [2.05, 4.69) is 20.1 Å². The number of alkyl halides is 3. The number of nitrogens with zero attached hydrogens (tertiary/aromatic N) is 4. The zero-order chi connectivity index (χ0) is 26.2. The van der Waals surface area contributed by atoms with Crippen LogP contribution in [0.15, 0.2) is 0 Å². The molecule has 3 aromatic rings. The molecule has 1 N–H and O–H groups in total. The molecule has 35 heavy (non-hydrogen) atoms. The van der Waals surface area contributed by atoms with Gasteiger partial charge in [0, 0.05) is 23.5 Å². The summed E-state index contributed by atoms with van der Waals surface area (Å²) < 4.78 is 49.8. The number of halogens is 3. The molecular weight excluding hydrogens is 471 g/mol. The van der Waals surface area contributed by atoms with E-state index < -0.39 is 35.8 Å². The van der Waals surface area contributed by atoms with Gasteiger partial charge in [-0.2, -0.15) is 18.2 Å². The summed E-state index contributed by atoms with van der Waals surface area (Å²) in [7, 11) is 1.23. The molecule has 0 aromatic carbocycles. The van der Waals surface area contributed by atoms with Crippen LogP contribution in [0.4, 0.5) is 13.2 Å². The van der Waals surface area contributed by atoms with Crippen molar-refractivity contribution in [2.24, 2.45) is 0 Å². The van der Waals surface area contributed by atoms with Gasteiger partial charge in [0.15, 0.2) is 6.10 Å². The Kier molecular flexibility index (Phi) is 6.99. The summed E-state index contributed by atoms with van der Waals surface area (Å²) in [4.78, 5) is 47.5. The minimum absolute atomic E-state index is 0.106. The van der Waals surface area contributed by atoms with Gasteiger partial charge >= 0.3 is 18.1 Å². The van der Waals surface area contributed by atoms with Crippen molar-refractivity contribution in [2.45, 2.75) is 59.7 Å². The monoisotopic (exact) mass is 495 g/mol. The third-order valence-corrected chi connectivity index (χ3v) is 5.63. The van der Waals surface area contributed by atoms with Crippen LogP contribution in [0, 0.1) is 27.7 Å². The van der Waals surface area contributed by atoms with E-state index >= 15 is 0 Å². The van der Waals surface area contributed by atoms with E-state index in [1.54, 1.807) is 27.7 Å². The number of aryl methyl sites for hydroxylation is 3. The van der Waals surface area contributed by atoms with Crippen molar-refractivity contribution in [2.75, 3.05) is 7.11 Å². The highest BCUT2D eigenvalue weighted by Crippen LogP contribution is 2.27.